The van der Waals surface area contributed by atoms with Crippen molar-refractivity contribution >= 4 is 5.97 Å². The molecular formula is C12H21NO2. The largest absolute Gasteiger partial charge is 0.464 e. The number of piperidine rings is 1. The van der Waals surface area contributed by atoms with Crippen LogP contribution >= 0.6 is 0 Å². The van der Waals surface area contributed by atoms with E-state index in [0.29, 0.717) is 12.6 Å². The van der Waals surface area contributed by atoms with Gasteiger partial charge in [0.05, 0.1) is 6.61 Å². The molecule has 2 atom stereocenters. The molecule has 1 N–H and O–H groups in total. The van der Waals surface area contributed by atoms with E-state index in [1.54, 1.807) is 0 Å². The number of carbonyl (C=O) groups is 1. The Morgan fingerprint density at radius 2 is 2.33 bits per heavy atom. The van der Waals surface area contributed by atoms with Crippen LogP contribution in [0.3, 0.4) is 0 Å². The molecule has 15 heavy (non-hydrogen) atoms. The van der Waals surface area contributed by atoms with Crippen molar-refractivity contribution in [1.29, 1.82) is 0 Å². The number of nitrogens with one attached hydrogen (secondary N) is 1. The molecule has 0 amide bonds. The minimum Gasteiger partial charge on any atom is -0.464 e. The van der Waals surface area contributed by atoms with E-state index < -0.39 is 0 Å². The Hall–Kier alpha value is -0.570. The zero-order valence-corrected chi connectivity index (χ0v) is 9.55. The van der Waals surface area contributed by atoms with Gasteiger partial charge in [-0.05, 0) is 38.5 Å². The quantitative estimate of drug-likeness (QED) is 0.571. The Balaban J connectivity index is 1.88. The van der Waals surface area contributed by atoms with Gasteiger partial charge >= 0.3 is 5.97 Å². The summed E-state index contributed by atoms with van der Waals surface area (Å²) >= 11 is 0. The van der Waals surface area contributed by atoms with E-state index in [1.165, 1.54) is 12.8 Å². The minimum atomic E-state index is -0.309. The second-order valence-electron chi connectivity index (χ2n) is 4.84. The Morgan fingerprint density at radius 3 is 3.13 bits per heavy atom. The fourth-order valence-electron chi connectivity index (χ4n) is 2.73. The van der Waals surface area contributed by atoms with Gasteiger partial charge in [0.15, 0.2) is 0 Å². The third-order valence-corrected chi connectivity index (χ3v) is 3.68. The number of esters is 1. The van der Waals surface area contributed by atoms with Crippen LogP contribution in [-0.4, -0.2) is 24.2 Å². The molecule has 2 heterocycles. The van der Waals surface area contributed by atoms with E-state index in [1.807, 2.05) is 0 Å². The van der Waals surface area contributed by atoms with E-state index in [4.69, 9.17) is 4.74 Å². The molecule has 86 valence electrons. The second-order valence-corrected chi connectivity index (χ2v) is 4.84. The summed E-state index contributed by atoms with van der Waals surface area (Å²) in [4.78, 5) is 12.0. The molecule has 2 rings (SSSR count). The molecule has 2 aliphatic heterocycles. The van der Waals surface area contributed by atoms with Gasteiger partial charge in [0.25, 0.3) is 0 Å². The van der Waals surface area contributed by atoms with Crippen LogP contribution in [0.25, 0.3) is 0 Å². The molecule has 0 radical (unpaired) electrons. The van der Waals surface area contributed by atoms with E-state index in [-0.39, 0.29) is 11.5 Å². The molecule has 0 aliphatic carbocycles. The lowest BCUT2D eigenvalue weighted by atomic mass is 9.91. The van der Waals surface area contributed by atoms with Crippen molar-refractivity contribution in [2.24, 2.45) is 0 Å². The van der Waals surface area contributed by atoms with E-state index in [0.717, 1.165) is 32.1 Å². The van der Waals surface area contributed by atoms with Crippen molar-refractivity contribution in [2.45, 2.75) is 63.5 Å². The first-order chi connectivity index (χ1) is 7.27. The lowest BCUT2D eigenvalue weighted by Gasteiger charge is -2.32. The third-order valence-electron chi connectivity index (χ3n) is 3.68. The lowest BCUT2D eigenvalue weighted by Crippen LogP contribution is -2.53. The van der Waals surface area contributed by atoms with Crippen LogP contribution in [-0.2, 0) is 9.53 Å². The van der Waals surface area contributed by atoms with Gasteiger partial charge in [0.2, 0.25) is 0 Å². The maximum atomic E-state index is 12.0. The summed E-state index contributed by atoms with van der Waals surface area (Å²) in [5.41, 5.74) is -0.309. The number of rotatable bonds is 4. The summed E-state index contributed by atoms with van der Waals surface area (Å²) in [7, 11) is 0. The number of carbonyl (C=O) groups excluding carboxylic acids is 1. The first-order valence-electron chi connectivity index (χ1n) is 6.22. The average Bonchev–Trinajstić information content (AvgIpc) is 2.56. The molecule has 2 fully saturated rings. The van der Waals surface area contributed by atoms with Gasteiger partial charge in [-0.2, -0.15) is 0 Å². The monoisotopic (exact) mass is 211 g/mol. The maximum absolute atomic E-state index is 12.0. The van der Waals surface area contributed by atoms with Crippen LogP contribution in [0.15, 0.2) is 0 Å². The van der Waals surface area contributed by atoms with Crippen molar-refractivity contribution in [1.82, 2.24) is 5.32 Å². The Kier molecular flexibility index (Phi) is 3.29. The Morgan fingerprint density at radius 1 is 1.47 bits per heavy atom. The molecule has 2 unspecified atom stereocenters. The van der Waals surface area contributed by atoms with Crippen LogP contribution < -0.4 is 5.32 Å². The number of ether oxygens (including phenoxy) is 1. The van der Waals surface area contributed by atoms with Gasteiger partial charge in [-0.1, -0.05) is 13.3 Å². The number of fused-ring (bicyclic) bond motifs is 2. The van der Waals surface area contributed by atoms with Crippen LogP contribution in [0.5, 0.6) is 0 Å². The summed E-state index contributed by atoms with van der Waals surface area (Å²) in [5, 5.41) is 3.46. The zero-order valence-electron chi connectivity index (χ0n) is 9.55. The topological polar surface area (TPSA) is 38.3 Å². The average molecular weight is 211 g/mol. The fraction of sp³-hybridized carbons (Fsp3) is 0.917. The van der Waals surface area contributed by atoms with Crippen LogP contribution in [0.1, 0.15) is 51.9 Å². The first-order valence-corrected chi connectivity index (χ1v) is 6.22. The smallest absolute Gasteiger partial charge is 0.326 e. The van der Waals surface area contributed by atoms with Crippen molar-refractivity contribution < 1.29 is 9.53 Å². The normalized spacial score (nSPS) is 34.1. The molecule has 0 saturated carbocycles. The van der Waals surface area contributed by atoms with Crippen molar-refractivity contribution in [2.75, 3.05) is 6.61 Å². The van der Waals surface area contributed by atoms with Gasteiger partial charge in [-0.15, -0.1) is 0 Å². The summed E-state index contributed by atoms with van der Waals surface area (Å²) in [6, 6.07) is 0.567. The van der Waals surface area contributed by atoms with E-state index in [9.17, 15) is 4.79 Å². The fourth-order valence-corrected chi connectivity index (χ4v) is 2.73. The van der Waals surface area contributed by atoms with Gasteiger partial charge < -0.3 is 4.74 Å². The molecule has 0 spiro atoms. The zero-order chi connectivity index (χ0) is 10.7. The molecular weight excluding hydrogens is 190 g/mol. The van der Waals surface area contributed by atoms with E-state index >= 15 is 0 Å². The molecule has 3 heteroatoms. The second kappa shape index (κ2) is 4.52. The number of hydrogen-bond donors (Lipinski definition) is 1. The Bertz CT molecular complexity index is 238. The van der Waals surface area contributed by atoms with E-state index in [2.05, 4.69) is 12.2 Å². The lowest BCUT2D eigenvalue weighted by molar-refractivity contribution is -0.152. The minimum absolute atomic E-state index is 0.00171. The summed E-state index contributed by atoms with van der Waals surface area (Å²) in [5.74, 6) is -0.00171. The molecule has 3 nitrogen and oxygen atoms in total. The Labute approximate surface area is 91.6 Å². The standard InChI is InChI=1S/C12H21NO2/c1-2-3-9-15-11(14)12-7-4-5-10(13-12)6-8-12/h10,13H,2-9H2,1H3. The molecule has 0 aromatic heterocycles. The van der Waals surface area contributed by atoms with Crippen LogP contribution in [0, 0.1) is 0 Å². The molecule has 2 aliphatic rings. The van der Waals surface area contributed by atoms with Gasteiger partial charge in [0, 0.05) is 6.04 Å². The number of unbranched alkanes of at least 4 members (excludes halogenated alkanes) is 1. The highest BCUT2D eigenvalue weighted by molar-refractivity contribution is 5.81. The molecule has 0 aromatic rings. The van der Waals surface area contributed by atoms with Gasteiger partial charge in [-0.3, -0.25) is 10.1 Å². The van der Waals surface area contributed by atoms with Crippen LogP contribution in [0.2, 0.25) is 0 Å². The van der Waals surface area contributed by atoms with Crippen molar-refractivity contribution in [3.05, 3.63) is 0 Å². The summed E-state index contributed by atoms with van der Waals surface area (Å²) < 4.78 is 5.34. The predicted molar refractivity (Wildman–Crippen MR) is 58.6 cm³/mol. The van der Waals surface area contributed by atoms with Crippen LogP contribution in [0.4, 0.5) is 0 Å². The highest BCUT2D eigenvalue weighted by Gasteiger charge is 2.48. The molecule has 2 saturated heterocycles. The predicted octanol–water partition coefficient (Wildman–Crippen LogP) is 2.00. The SMILES string of the molecule is CCCCOC(=O)C12CCCC(CC1)N2. The summed E-state index contributed by atoms with van der Waals surface area (Å²) in [6.07, 6.45) is 7.53. The van der Waals surface area contributed by atoms with Gasteiger partial charge in [-0.25, -0.2) is 0 Å². The summed E-state index contributed by atoms with van der Waals surface area (Å²) in [6.45, 7) is 2.69. The molecule has 2 bridgehead atoms. The maximum Gasteiger partial charge on any atom is 0.326 e. The number of hydrogen-bond acceptors (Lipinski definition) is 3. The van der Waals surface area contributed by atoms with Crippen molar-refractivity contribution in [3.8, 4) is 0 Å². The first kappa shape index (κ1) is 10.9. The van der Waals surface area contributed by atoms with Gasteiger partial charge in [0.1, 0.15) is 5.54 Å². The highest BCUT2D eigenvalue weighted by Crippen LogP contribution is 2.36. The van der Waals surface area contributed by atoms with Crippen molar-refractivity contribution in [3.63, 3.8) is 0 Å². The third kappa shape index (κ3) is 2.17. The molecule has 0 aromatic carbocycles. The highest BCUT2D eigenvalue weighted by atomic mass is 16.5.